The summed E-state index contributed by atoms with van der Waals surface area (Å²) in [6.07, 6.45) is 2.07. The number of aromatic nitrogens is 2. The van der Waals surface area contributed by atoms with Crippen LogP contribution in [0.15, 0.2) is 12.3 Å². The van der Waals surface area contributed by atoms with Crippen LogP contribution in [0.2, 0.25) is 6.32 Å². The van der Waals surface area contributed by atoms with Gasteiger partial charge in [-0.1, -0.05) is 6.42 Å². The molecule has 0 unspecified atom stereocenters. The first kappa shape index (κ1) is 18.7. The summed E-state index contributed by atoms with van der Waals surface area (Å²) in [5.41, 5.74) is 4.21. The van der Waals surface area contributed by atoms with Gasteiger partial charge in [-0.25, -0.2) is 0 Å². The van der Waals surface area contributed by atoms with E-state index < -0.39 is 34.8 Å². The second kappa shape index (κ2) is 7.07. The van der Waals surface area contributed by atoms with Crippen LogP contribution in [-0.2, 0) is 15.0 Å². The van der Waals surface area contributed by atoms with Gasteiger partial charge in [-0.3, -0.25) is 14.6 Å². The zero-order valence-corrected chi connectivity index (χ0v) is 13.6. The van der Waals surface area contributed by atoms with Crippen molar-refractivity contribution in [2.75, 3.05) is 17.8 Å². The van der Waals surface area contributed by atoms with E-state index in [1.807, 2.05) is 0 Å². The number of aliphatic carboxylic acids is 1. The molecular formula is C11H20BN5O6S. The Morgan fingerprint density at radius 2 is 2.29 bits per heavy atom. The summed E-state index contributed by atoms with van der Waals surface area (Å²) in [7, 11) is -5.50. The van der Waals surface area contributed by atoms with Gasteiger partial charge in [-0.05, 0) is 12.7 Å². The maximum Gasteiger partial charge on any atom is 0.451 e. The van der Waals surface area contributed by atoms with Crippen LogP contribution in [0, 0.1) is 5.92 Å². The third kappa shape index (κ3) is 4.05. The SMILES string of the molecule is N[C@@]1(C(=O)O)CN(S(=O)(=O)Nc2cc[nH]n2)C[C@@H]1CCCB(O)O. The topological polar surface area (TPSA) is 182 Å². The first-order chi connectivity index (χ1) is 11.1. The Bertz CT molecular complexity index is 668. The molecule has 1 aromatic rings. The molecule has 0 saturated carbocycles. The van der Waals surface area contributed by atoms with Crippen molar-refractivity contribution in [2.24, 2.45) is 11.7 Å². The Labute approximate surface area is 139 Å². The molecule has 1 aliphatic heterocycles. The molecule has 134 valence electrons. The van der Waals surface area contributed by atoms with Crippen LogP contribution in [0.1, 0.15) is 12.8 Å². The van der Waals surface area contributed by atoms with Crippen molar-refractivity contribution in [2.45, 2.75) is 24.7 Å². The zero-order valence-electron chi connectivity index (χ0n) is 12.8. The van der Waals surface area contributed by atoms with Crippen molar-refractivity contribution in [1.82, 2.24) is 14.5 Å². The first-order valence-electron chi connectivity index (χ1n) is 7.31. The van der Waals surface area contributed by atoms with E-state index in [2.05, 4.69) is 14.9 Å². The van der Waals surface area contributed by atoms with E-state index in [0.29, 0.717) is 6.42 Å². The second-order valence-electron chi connectivity index (χ2n) is 5.81. The number of hydrogen-bond donors (Lipinski definition) is 6. The Morgan fingerprint density at radius 3 is 2.83 bits per heavy atom. The number of hydrogen-bond acceptors (Lipinski definition) is 7. The number of anilines is 1. The minimum atomic E-state index is -4.00. The van der Waals surface area contributed by atoms with E-state index in [-0.39, 0.29) is 31.6 Å². The quantitative estimate of drug-likeness (QED) is 0.288. The number of carbonyl (C=O) groups is 1. The van der Waals surface area contributed by atoms with Crippen molar-refractivity contribution >= 4 is 29.1 Å². The van der Waals surface area contributed by atoms with Gasteiger partial charge in [-0.15, -0.1) is 0 Å². The average Bonchev–Trinajstić information content (AvgIpc) is 3.07. The van der Waals surface area contributed by atoms with Crippen LogP contribution >= 0.6 is 0 Å². The third-order valence-corrected chi connectivity index (χ3v) is 5.50. The molecule has 0 amide bonds. The van der Waals surface area contributed by atoms with Gasteiger partial charge in [0.15, 0.2) is 5.82 Å². The standard InChI is InChI=1S/C11H20BN5O6S/c13-11(10(18)19)7-17(6-8(11)2-1-4-12(20)21)24(22,23)16-9-3-5-14-15-9/h3,5,8,20-21H,1-2,4,6-7,13H2,(H,18,19)(H2,14,15,16)/t8-,11-/m0/s1. The molecule has 1 aromatic heterocycles. The van der Waals surface area contributed by atoms with Gasteiger partial charge in [0.2, 0.25) is 0 Å². The van der Waals surface area contributed by atoms with Crippen LogP contribution < -0.4 is 10.5 Å². The van der Waals surface area contributed by atoms with E-state index in [4.69, 9.17) is 15.8 Å². The number of nitrogens with zero attached hydrogens (tertiary/aromatic N) is 2. The van der Waals surface area contributed by atoms with Gasteiger partial charge in [-0.2, -0.15) is 17.8 Å². The van der Waals surface area contributed by atoms with E-state index in [1.54, 1.807) is 0 Å². The molecule has 0 aliphatic carbocycles. The Morgan fingerprint density at radius 1 is 1.58 bits per heavy atom. The number of aromatic amines is 1. The first-order valence-corrected chi connectivity index (χ1v) is 8.75. The highest BCUT2D eigenvalue weighted by Crippen LogP contribution is 2.32. The highest BCUT2D eigenvalue weighted by atomic mass is 32.2. The Hall–Kier alpha value is -1.67. The molecule has 2 atom stereocenters. The fourth-order valence-corrected chi connectivity index (χ4v) is 4.00. The summed E-state index contributed by atoms with van der Waals surface area (Å²) in [4.78, 5) is 11.5. The van der Waals surface area contributed by atoms with E-state index in [9.17, 15) is 18.3 Å². The van der Waals surface area contributed by atoms with E-state index in [1.165, 1.54) is 12.3 Å². The fourth-order valence-electron chi connectivity index (χ4n) is 2.73. The number of carboxylic acid groups (broad SMARTS) is 1. The monoisotopic (exact) mass is 361 g/mol. The van der Waals surface area contributed by atoms with E-state index in [0.717, 1.165) is 4.31 Å². The summed E-state index contributed by atoms with van der Waals surface area (Å²) < 4.78 is 27.9. The molecule has 0 bridgehead atoms. The highest BCUT2D eigenvalue weighted by molar-refractivity contribution is 7.90. The summed E-state index contributed by atoms with van der Waals surface area (Å²) in [6.45, 7) is -0.460. The second-order valence-corrected chi connectivity index (χ2v) is 7.48. The number of H-pyrrole nitrogens is 1. The average molecular weight is 361 g/mol. The van der Waals surface area contributed by atoms with Crippen molar-refractivity contribution < 1.29 is 28.4 Å². The molecule has 7 N–H and O–H groups in total. The molecule has 0 spiro atoms. The van der Waals surface area contributed by atoms with Crippen molar-refractivity contribution in [3.63, 3.8) is 0 Å². The Balaban J connectivity index is 2.11. The molecular weight excluding hydrogens is 341 g/mol. The van der Waals surface area contributed by atoms with Crippen LogP contribution in [0.3, 0.4) is 0 Å². The molecule has 2 heterocycles. The van der Waals surface area contributed by atoms with Gasteiger partial charge in [0, 0.05) is 31.3 Å². The lowest BCUT2D eigenvalue weighted by molar-refractivity contribution is -0.144. The number of nitrogens with two attached hydrogens (primary N) is 1. The lowest BCUT2D eigenvalue weighted by Gasteiger charge is -2.25. The normalized spacial score (nSPS) is 24.9. The molecule has 0 aromatic carbocycles. The third-order valence-electron chi connectivity index (χ3n) is 4.08. The lowest BCUT2D eigenvalue weighted by Crippen LogP contribution is -2.55. The van der Waals surface area contributed by atoms with Crippen molar-refractivity contribution in [3.8, 4) is 0 Å². The molecule has 11 nitrogen and oxygen atoms in total. The Kier molecular flexibility index (Phi) is 5.50. The van der Waals surface area contributed by atoms with Crippen molar-refractivity contribution in [1.29, 1.82) is 0 Å². The van der Waals surface area contributed by atoms with Crippen molar-refractivity contribution in [3.05, 3.63) is 12.3 Å². The smallest absolute Gasteiger partial charge is 0.451 e. The minimum Gasteiger partial charge on any atom is -0.480 e. The fraction of sp³-hybridized carbons (Fsp3) is 0.636. The van der Waals surface area contributed by atoms with Gasteiger partial charge in [0.05, 0.1) is 0 Å². The number of carboxylic acids is 1. The molecule has 1 saturated heterocycles. The van der Waals surface area contributed by atoms with Gasteiger partial charge in [0.25, 0.3) is 0 Å². The molecule has 13 heteroatoms. The predicted octanol–water partition coefficient (Wildman–Crippen LogP) is -1.97. The molecule has 1 fully saturated rings. The molecule has 24 heavy (non-hydrogen) atoms. The highest BCUT2D eigenvalue weighted by Gasteiger charge is 2.52. The van der Waals surface area contributed by atoms with Crippen LogP contribution in [-0.4, -0.2) is 69.8 Å². The summed E-state index contributed by atoms with van der Waals surface area (Å²) in [6, 6.07) is 1.42. The number of rotatable bonds is 8. The molecule has 0 radical (unpaired) electrons. The maximum atomic E-state index is 12.4. The summed E-state index contributed by atoms with van der Waals surface area (Å²) in [5, 5.41) is 33.3. The lowest BCUT2D eigenvalue weighted by atomic mass is 9.78. The molecule has 1 aliphatic rings. The predicted molar refractivity (Wildman–Crippen MR) is 85.0 cm³/mol. The minimum absolute atomic E-state index is 0.0600. The zero-order chi connectivity index (χ0) is 18.0. The van der Waals surface area contributed by atoms with Gasteiger partial charge < -0.3 is 20.9 Å². The largest absolute Gasteiger partial charge is 0.480 e. The van der Waals surface area contributed by atoms with Crippen LogP contribution in [0.4, 0.5) is 5.82 Å². The van der Waals surface area contributed by atoms with Crippen LogP contribution in [0.5, 0.6) is 0 Å². The van der Waals surface area contributed by atoms with Crippen LogP contribution in [0.25, 0.3) is 0 Å². The van der Waals surface area contributed by atoms with E-state index >= 15 is 0 Å². The summed E-state index contributed by atoms with van der Waals surface area (Å²) >= 11 is 0. The van der Waals surface area contributed by atoms with Gasteiger partial charge in [0.1, 0.15) is 5.54 Å². The maximum absolute atomic E-state index is 12.4. The molecule has 2 rings (SSSR count). The number of nitrogens with one attached hydrogen (secondary N) is 2. The van der Waals surface area contributed by atoms with Gasteiger partial charge >= 0.3 is 23.3 Å². The summed E-state index contributed by atoms with van der Waals surface area (Å²) in [5.74, 6) is -1.86.